The van der Waals surface area contributed by atoms with Crippen LogP contribution in [0.25, 0.3) is 0 Å². The minimum Gasteiger partial charge on any atom is -0.380 e. The first kappa shape index (κ1) is 22.2. The third-order valence-corrected chi connectivity index (χ3v) is 4.62. The van der Waals surface area contributed by atoms with Gasteiger partial charge in [0.15, 0.2) is 5.96 Å². The van der Waals surface area contributed by atoms with Gasteiger partial charge in [-0.2, -0.15) is 0 Å². The van der Waals surface area contributed by atoms with Crippen molar-refractivity contribution in [3.63, 3.8) is 0 Å². The van der Waals surface area contributed by atoms with Crippen LogP contribution in [0.3, 0.4) is 0 Å². The molecule has 1 heterocycles. The summed E-state index contributed by atoms with van der Waals surface area (Å²) in [5, 5.41) is 6.97. The third kappa shape index (κ3) is 7.50. The van der Waals surface area contributed by atoms with Crippen LogP contribution in [-0.4, -0.2) is 50.2 Å². The van der Waals surface area contributed by atoms with Crippen LogP contribution in [0.4, 0.5) is 0 Å². The predicted octanol–water partition coefficient (Wildman–Crippen LogP) is 2.99. The summed E-state index contributed by atoms with van der Waals surface area (Å²) >= 11 is 0. The maximum absolute atomic E-state index is 5.14. The minimum absolute atomic E-state index is 0. The molecular weight excluding hydrogens is 427 g/mol. The highest BCUT2D eigenvalue weighted by Gasteiger charge is 2.21. The quantitative estimate of drug-likeness (QED) is 0.390. The summed E-state index contributed by atoms with van der Waals surface area (Å²) < 4.78 is 5.14. The van der Waals surface area contributed by atoms with Gasteiger partial charge < -0.3 is 20.3 Å². The smallest absolute Gasteiger partial charge is 0.191 e. The zero-order valence-electron chi connectivity index (χ0n) is 15.9. The number of hydrogen-bond acceptors (Lipinski definition) is 3. The molecule has 1 aromatic rings. The summed E-state index contributed by atoms with van der Waals surface area (Å²) in [6, 6.07) is 9.64. The van der Waals surface area contributed by atoms with Crippen LogP contribution in [0.1, 0.15) is 37.8 Å². The summed E-state index contributed by atoms with van der Waals surface area (Å²) in [5.41, 5.74) is 2.44. The van der Waals surface area contributed by atoms with E-state index in [0.29, 0.717) is 18.7 Å². The molecule has 1 saturated heterocycles. The molecule has 1 aromatic carbocycles. The van der Waals surface area contributed by atoms with Gasteiger partial charge in [0.1, 0.15) is 0 Å². The van der Waals surface area contributed by atoms with E-state index >= 15 is 0 Å². The van der Waals surface area contributed by atoms with E-state index in [0.717, 1.165) is 25.6 Å². The van der Waals surface area contributed by atoms with Crippen molar-refractivity contribution in [3.8, 4) is 0 Å². The maximum atomic E-state index is 5.14. The average molecular weight is 460 g/mol. The van der Waals surface area contributed by atoms with Crippen molar-refractivity contribution >= 4 is 29.9 Å². The molecule has 0 saturated carbocycles. The van der Waals surface area contributed by atoms with E-state index in [-0.39, 0.29) is 24.0 Å². The number of piperidine rings is 1. The van der Waals surface area contributed by atoms with Gasteiger partial charge in [-0.25, -0.2) is 0 Å². The van der Waals surface area contributed by atoms with E-state index in [2.05, 4.69) is 58.6 Å². The molecular formula is C19H33IN4O. The molecule has 0 bridgehead atoms. The van der Waals surface area contributed by atoms with Crippen LogP contribution in [0.5, 0.6) is 0 Å². The maximum Gasteiger partial charge on any atom is 0.191 e. The van der Waals surface area contributed by atoms with Crippen molar-refractivity contribution in [2.75, 3.05) is 27.2 Å². The normalized spacial score (nSPS) is 16.6. The number of benzene rings is 1. The Balaban J connectivity index is 0.00000312. The fourth-order valence-electron chi connectivity index (χ4n) is 3.05. The molecule has 2 rings (SSSR count). The topological polar surface area (TPSA) is 48.9 Å². The monoisotopic (exact) mass is 460 g/mol. The number of halogens is 1. The van der Waals surface area contributed by atoms with Crippen LogP contribution >= 0.6 is 24.0 Å². The lowest BCUT2D eigenvalue weighted by Crippen LogP contribution is -2.49. The fraction of sp³-hybridized carbons (Fsp3) is 0.632. The van der Waals surface area contributed by atoms with Crippen LogP contribution < -0.4 is 10.6 Å². The highest BCUT2D eigenvalue weighted by Crippen LogP contribution is 2.13. The van der Waals surface area contributed by atoms with Gasteiger partial charge in [-0.1, -0.05) is 24.3 Å². The molecule has 0 radical (unpaired) electrons. The second-order valence-electron chi connectivity index (χ2n) is 6.72. The van der Waals surface area contributed by atoms with Gasteiger partial charge in [0.25, 0.3) is 0 Å². The number of aliphatic imine (C=N–C) groups is 1. The van der Waals surface area contributed by atoms with E-state index in [1.54, 1.807) is 7.11 Å². The van der Waals surface area contributed by atoms with Crippen molar-refractivity contribution in [3.05, 3.63) is 35.4 Å². The zero-order chi connectivity index (χ0) is 17.4. The van der Waals surface area contributed by atoms with Crippen molar-refractivity contribution in [1.29, 1.82) is 0 Å². The first-order valence-corrected chi connectivity index (χ1v) is 8.90. The Hall–Kier alpha value is -0.860. The van der Waals surface area contributed by atoms with Crippen LogP contribution in [-0.2, 0) is 17.9 Å². The summed E-state index contributed by atoms with van der Waals surface area (Å²) in [7, 11) is 3.55. The average Bonchev–Trinajstić information content (AvgIpc) is 2.60. The lowest BCUT2D eigenvalue weighted by molar-refractivity contribution is 0.167. The van der Waals surface area contributed by atoms with Gasteiger partial charge >= 0.3 is 0 Å². The van der Waals surface area contributed by atoms with Gasteiger partial charge in [0, 0.05) is 45.9 Å². The molecule has 0 unspecified atom stereocenters. The Bertz CT molecular complexity index is 511. The van der Waals surface area contributed by atoms with Gasteiger partial charge in [0.2, 0.25) is 0 Å². The van der Waals surface area contributed by atoms with Crippen molar-refractivity contribution in [1.82, 2.24) is 15.5 Å². The summed E-state index contributed by atoms with van der Waals surface area (Å²) in [4.78, 5) is 6.90. The standard InChI is InChI=1S/C19H32N4O.HI/c1-15(2)23-11-9-18(10-12-23)22-19(20-3)21-13-16-5-7-17(8-6-16)14-24-4;/h5-8,15,18H,9-14H2,1-4H3,(H2,20,21,22);1H. The first-order valence-electron chi connectivity index (χ1n) is 8.90. The molecule has 5 nitrogen and oxygen atoms in total. The number of methoxy groups -OCH3 is 1. The van der Waals surface area contributed by atoms with E-state index in [4.69, 9.17) is 4.74 Å². The molecule has 0 amide bonds. The Kier molecular flexibility index (Phi) is 10.4. The largest absolute Gasteiger partial charge is 0.380 e. The van der Waals surface area contributed by atoms with E-state index < -0.39 is 0 Å². The molecule has 0 aliphatic carbocycles. The highest BCUT2D eigenvalue weighted by molar-refractivity contribution is 14.0. The second kappa shape index (κ2) is 11.7. The molecule has 0 aromatic heterocycles. The zero-order valence-corrected chi connectivity index (χ0v) is 18.2. The number of nitrogens with zero attached hydrogens (tertiary/aromatic N) is 2. The Morgan fingerprint density at radius 2 is 1.80 bits per heavy atom. The summed E-state index contributed by atoms with van der Waals surface area (Å²) in [5.74, 6) is 0.888. The van der Waals surface area contributed by atoms with Crippen molar-refractivity contribution < 1.29 is 4.74 Å². The molecule has 1 aliphatic rings. The third-order valence-electron chi connectivity index (χ3n) is 4.62. The van der Waals surface area contributed by atoms with Crippen LogP contribution in [0, 0.1) is 0 Å². The van der Waals surface area contributed by atoms with E-state index in [9.17, 15) is 0 Å². The lowest BCUT2D eigenvalue weighted by Gasteiger charge is -2.35. The number of rotatable bonds is 6. The number of likely N-dealkylation sites (tertiary alicyclic amines) is 1. The molecule has 142 valence electrons. The minimum atomic E-state index is 0. The molecule has 1 aliphatic heterocycles. The Morgan fingerprint density at radius 3 is 2.32 bits per heavy atom. The van der Waals surface area contributed by atoms with Gasteiger partial charge in [-0.15, -0.1) is 24.0 Å². The molecule has 0 spiro atoms. The fourth-order valence-corrected chi connectivity index (χ4v) is 3.05. The summed E-state index contributed by atoms with van der Waals surface area (Å²) in [6.07, 6.45) is 2.34. The molecule has 25 heavy (non-hydrogen) atoms. The molecule has 0 atom stereocenters. The van der Waals surface area contributed by atoms with Crippen molar-refractivity contribution in [2.24, 2.45) is 4.99 Å². The number of ether oxygens (including phenoxy) is 1. The summed E-state index contributed by atoms with van der Waals surface area (Å²) in [6.45, 7) is 8.29. The molecule has 1 fully saturated rings. The van der Waals surface area contributed by atoms with Crippen LogP contribution in [0.2, 0.25) is 0 Å². The second-order valence-corrected chi connectivity index (χ2v) is 6.72. The highest BCUT2D eigenvalue weighted by atomic mass is 127. The van der Waals surface area contributed by atoms with Crippen molar-refractivity contribution in [2.45, 2.75) is 51.9 Å². The molecule has 6 heteroatoms. The number of hydrogen-bond donors (Lipinski definition) is 2. The van der Waals surface area contributed by atoms with Gasteiger partial charge in [-0.05, 0) is 37.8 Å². The van der Waals surface area contributed by atoms with Crippen LogP contribution in [0.15, 0.2) is 29.3 Å². The number of nitrogens with one attached hydrogen (secondary N) is 2. The SMILES string of the molecule is CN=C(NCc1ccc(COC)cc1)NC1CCN(C(C)C)CC1.I. The Labute approximate surface area is 169 Å². The molecule has 2 N–H and O–H groups in total. The van der Waals surface area contributed by atoms with Gasteiger partial charge in [0.05, 0.1) is 6.61 Å². The first-order chi connectivity index (χ1) is 11.6. The van der Waals surface area contributed by atoms with E-state index in [1.165, 1.54) is 24.0 Å². The Morgan fingerprint density at radius 1 is 1.20 bits per heavy atom. The lowest BCUT2D eigenvalue weighted by atomic mass is 10.0. The van der Waals surface area contributed by atoms with Gasteiger partial charge in [-0.3, -0.25) is 4.99 Å². The predicted molar refractivity (Wildman–Crippen MR) is 116 cm³/mol. The van der Waals surface area contributed by atoms with E-state index in [1.807, 2.05) is 7.05 Å². The number of guanidine groups is 1.